The summed E-state index contributed by atoms with van der Waals surface area (Å²) >= 11 is 1.56. The summed E-state index contributed by atoms with van der Waals surface area (Å²) in [6, 6.07) is 2.02. The van der Waals surface area contributed by atoms with E-state index in [2.05, 4.69) is 25.6 Å². The van der Waals surface area contributed by atoms with Crippen molar-refractivity contribution in [2.24, 2.45) is 0 Å². The number of fused-ring (bicyclic) bond motifs is 2. The van der Waals surface area contributed by atoms with Gasteiger partial charge in [-0.2, -0.15) is 0 Å². The fraction of sp³-hybridized carbons (Fsp3) is 0.588. The summed E-state index contributed by atoms with van der Waals surface area (Å²) < 4.78 is 16.2. The maximum absolute atomic E-state index is 12.5. The van der Waals surface area contributed by atoms with E-state index in [-0.39, 0.29) is 23.9 Å². The predicted molar refractivity (Wildman–Crippen MR) is 102 cm³/mol. The smallest absolute Gasteiger partial charge is 0.278 e. The summed E-state index contributed by atoms with van der Waals surface area (Å²) in [5.41, 5.74) is 1.64. The van der Waals surface area contributed by atoms with Crippen LogP contribution in [0.2, 0.25) is 0 Å². The zero-order valence-corrected chi connectivity index (χ0v) is 16.7. The van der Waals surface area contributed by atoms with Gasteiger partial charge in [0, 0.05) is 4.88 Å². The average Bonchev–Trinajstić information content (AvgIpc) is 3.27. The Hall–Kier alpha value is -1.68. The highest BCUT2D eigenvalue weighted by molar-refractivity contribution is 7.14. The maximum Gasteiger partial charge on any atom is 0.278 e. The van der Waals surface area contributed by atoms with Crippen molar-refractivity contribution in [3.05, 3.63) is 27.1 Å². The van der Waals surface area contributed by atoms with Crippen molar-refractivity contribution >= 4 is 29.7 Å². The Balaban J connectivity index is 0.00000210. The molecule has 2 aliphatic heterocycles. The van der Waals surface area contributed by atoms with E-state index in [0.29, 0.717) is 24.7 Å². The highest BCUT2D eigenvalue weighted by Crippen LogP contribution is 2.44. The van der Waals surface area contributed by atoms with Crippen molar-refractivity contribution in [1.82, 2.24) is 20.9 Å². The fourth-order valence-electron chi connectivity index (χ4n) is 3.49. The number of aromatic nitrogens is 2. The Morgan fingerprint density at radius 2 is 2.22 bits per heavy atom. The predicted octanol–water partition coefficient (Wildman–Crippen LogP) is 1.82. The number of amides is 1. The van der Waals surface area contributed by atoms with Crippen LogP contribution >= 0.6 is 23.7 Å². The van der Waals surface area contributed by atoms with Gasteiger partial charge in [0.1, 0.15) is 17.9 Å². The average molecular weight is 415 g/mol. The maximum atomic E-state index is 12.5. The van der Waals surface area contributed by atoms with E-state index in [1.165, 1.54) is 10.4 Å². The van der Waals surface area contributed by atoms with E-state index in [0.717, 1.165) is 43.8 Å². The first-order chi connectivity index (χ1) is 12.7. The van der Waals surface area contributed by atoms with Crippen LogP contribution in [0, 0.1) is 6.92 Å². The zero-order chi connectivity index (χ0) is 18.0. The number of hydrogen-bond donors (Lipinski definition) is 2. The quantitative estimate of drug-likeness (QED) is 0.720. The molecule has 0 radical (unpaired) electrons. The van der Waals surface area contributed by atoms with Crippen LogP contribution in [-0.2, 0) is 16.8 Å². The Morgan fingerprint density at radius 1 is 1.41 bits per heavy atom. The van der Waals surface area contributed by atoms with Crippen molar-refractivity contribution in [2.45, 2.75) is 31.8 Å². The first-order valence-electron chi connectivity index (χ1n) is 8.86. The number of thiophene rings is 1. The number of ether oxygens (including phenoxy) is 2. The molecule has 8 nitrogen and oxygen atoms in total. The highest BCUT2D eigenvalue weighted by Gasteiger charge is 2.41. The monoisotopic (exact) mass is 414 g/mol. The van der Waals surface area contributed by atoms with Crippen molar-refractivity contribution in [1.29, 1.82) is 0 Å². The van der Waals surface area contributed by atoms with Crippen LogP contribution in [0.15, 0.2) is 10.7 Å². The summed E-state index contributed by atoms with van der Waals surface area (Å²) in [7, 11) is 0. The number of carbonyl (C=O) groups excluding carboxylic acids is 1. The molecule has 0 aliphatic carbocycles. The summed E-state index contributed by atoms with van der Waals surface area (Å²) in [6.07, 6.45) is 2.79. The van der Waals surface area contributed by atoms with E-state index in [1.54, 1.807) is 18.3 Å². The molecule has 2 N–H and O–H groups in total. The molecule has 2 aromatic heterocycles. The summed E-state index contributed by atoms with van der Waals surface area (Å²) in [5, 5.41) is 13.6. The van der Waals surface area contributed by atoms with E-state index in [1.807, 2.05) is 6.07 Å². The molecule has 0 saturated carbocycles. The molecule has 1 saturated heterocycles. The van der Waals surface area contributed by atoms with Crippen molar-refractivity contribution in [3.63, 3.8) is 0 Å². The fourth-order valence-corrected chi connectivity index (χ4v) is 4.82. The van der Waals surface area contributed by atoms with E-state index >= 15 is 0 Å². The molecule has 148 valence electrons. The Labute approximate surface area is 167 Å². The molecule has 4 rings (SSSR count). The molecule has 1 fully saturated rings. The molecular weight excluding hydrogens is 392 g/mol. The minimum absolute atomic E-state index is 0. The Bertz CT molecular complexity index is 788. The van der Waals surface area contributed by atoms with Crippen LogP contribution in [0.5, 0.6) is 5.88 Å². The summed E-state index contributed by atoms with van der Waals surface area (Å²) in [6.45, 7) is 5.08. The van der Waals surface area contributed by atoms with E-state index in [4.69, 9.17) is 9.47 Å². The first-order valence-corrected chi connectivity index (χ1v) is 9.68. The highest BCUT2D eigenvalue weighted by atomic mass is 35.5. The van der Waals surface area contributed by atoms with E-state index < -0.39 is 0 Å². The second-order valence-electron chi connectivity index (χ2n) is 6.57. The topological polar surface area (TPSA) is 98.5 Å². The molecule has 1 amide bonds. The minimum atomic E-state index is -0.206. The van der Waals surface area contributed by atoms with Crippen LogP contribution in [0.1, 0.15) is 38.6 Å². The Kier molecular flexibility index (Phi) is 6.36. The third-order valence-corrected chi connectivity index (χ3v) is 6.21. The van der Waals surface area contributed by atoms with Crippen molar-refractivity contribution in [3.8, 4) is 5.88 Å². The second-order valence-corrected chi connectivity index (χ2v) is 7.62. The number of rotatable bonds is 5. The molecule has 0 aromatic carbocycles. The van der Waals surface area contributed by atoms with Crippen molar-refractivity contribution < 1.29 is 18.9 Å². The first kappa shape index (κ1) is 20.1. The summed E-state index contributed by atoms with van der Waals surface area (Å²) in [4.78, 5) is 14.5. The lowest BCUT2D eigenvalue weighted by atomic mass is 9.86. The van der Waals surface area contributed by atoms with Gasteiger partial charge in [-0.3, -0.25) is 4.79 Å². The number of carbonyl (C=O) groups is 1. The van der Waals surface area contributed by atoms with Gasteiger partial charge in [0.05, 0.1) is 18.0 Å². The lowest BCUT2D eigenvalue weighted by molar-refractivity contribution is -0.0771. The number of aryl methyl sites for hydroxylation is 1. The molecule has 2 aromatic rings. The lowest BCUT2D eigenvalue weighted by Gasteiger charge is -2.40. The van der Waals surface area contributed by atoms with Gasteiger partial charge >= 0.3 is 0 Å². The van der Waals surface area contributed by atoms with Gasteiger partial charge in [-0.1, -0.05) is 5.16 Å². The largest absolute Gasteiger partial charge is 0.472 e. The molecule has 4 heterocycles. The normalized spacial score (nSPS) is 17.8. The molecular formula is C17H23ClN4O4S. The Morgan fingerprint density at radius 3 is 2.96 bits per heavy atom. The van der Waals surface area contributed by atoms with Gasteiger partial charge in [0.25, 0.3) is 11.8 Å². The number of halogens is 1. The van der Waals surface area contributed by atoms with Crippen LogP contribution in [0.3, 0.4) is 0 Å². The van der Waals surface area contributed by atoms with Crippen LogP contribution < -0.4 is 15.4 Å². The van der Waals surface area contributed by atoms with Crippen molar-refractivity contribution in [2.75, 3.05) is 32.8 Å². The van der Waals surface area contributed by atoms with Gasteiger partial charge in [0.15, 0.2) is 0 Å². The molecule has 0 atom stereocenters. The van der Waals surface area contributed by atoms with Gasteiger partial charge in [0.2, 0.25) is 0 Å². The van der Waals surface area contributed by atoms with Gasteiger partial charge in [-0.25, -0.2) is 4.63 Å². The third-order valence-electron chi connectivity index (χ3n) is 4.84. The third kappa shape index (κ3) is 4.11. The molecule has 1 spiro atoms. The molecule has 10 heteroatoms. The van der Waals surface area contributed by atoms with Gasteiger partial charge in [-0.05, 0) is 56.1 Å². The second kappa shape index (κ2) is 8.55. The molecule has 2 aliphatic rings. The standard InChI is InChI=1S/C17H22N4O4S.ClH/c1-11-16(21-25-20-11)23-9-7-19-15(22)13-10-12-2-8-24-17(14(12)26-13)3-5-18-6-4-17;/h10,18H,2-9H2,1H3,(H,19,22);1H. The van der Waals surface area contributed by atoms with Crippen LogP contribution in [0.4, 0.5) is 0 Å². The molecule has 0 unspecified atom stereocenters. The van der Waals surface area contributed by atoms with Gasteiger partial charge < -0.3 is 20.1 Å². The van der Waals surface area contributed by atoms with Crippen LogP contribution in [0.25, 0.3) is 0 Å². The van der Waals surface area contributed by atoms with Gasteiger partial charge in [-0.15, -0.1) is 23.7 Å². The molecule has 0 bridgehead atoms. The zero-order valence-electron chi connectivity index (χ0n) is 15.1. The van der Waals surface area contributed by atoms with E-state index in [9.17, 15) is 4.79 Å². The molecule has 27 heavy (non-hydrogen) atoms. The number of piperidine rings is 1. The number of nitrogens with zero attached hydrogens (tertiary/aromatic N) is 2. The summed E-state index contributed by atoms with van der Waals surface area (Å²) in [5.74, 6) is 0.280. The number of nitrogens with one attached hydrogen (secondary N) is 2. The number of hydrogen-bond acceptors (Lipinski definition) is 8. The van der Waals surface area contributed by atoms with Crippen LogP contribution in [-0.4, -0.2) is 49.1 Å². The lowest BCUT2D eigenvalue weighted by Crippen LogP contribution is -2.43. The minimum Gasteiger partial charge on any atom is -0.472 e. The SMILES string of the molecule is Cc1nonc1OCCNC(=O)c1cc2c(s1)C1(CCNCC1)OCC2.Cl.